The molecule has 0 aliphatic heterocycles. The second kappa shape index (κ2) is 9.51. The molecule has 4 rings (SSSR count). The Bertz CT molecular complexity index is 1320. The highest BCUT2D eigenvalue weighted by Crippen LogP contribution is 2.26. The van der Waals surface area contributed by atoms with Gasteiger partial charge in [0.1, 0.15) is 0 Å². The Labute approximate surface area is 198 Å². The zero-order valence-corrected chi connectivity index (χ0v) is 19.4. The van der Waals surface area contributed by atoms with Crippen molar-refractivity contribution >= 4 is 56.0 Å². The molecule has 0 spiro atoms. The fourth-order valence-electron chi connectivity index (χ4n) is 3.19. The third-order valence-corrected chi connectivity index (χ3v) is 5.80. The minimum absolute atomic E-state index is 0.347. The zero-order valence-electron chi connectivity index (χ0n) is 17.1. The summed E-state index contributed by atoms with van der Waals surface area (Å²) < 4.78 is 6.26. The molecular formula is C25H18BrClN2O3. The number of benzene rings is 3. The van der Waals surface area contributed by atoms with Crippen LogP contribution in [-0.2, 0) is 9.53 Å². The average Bonchev–Trinajstić information content (AvgIpc) is 2.79. The molecule has 32 heavy (non-hydrogen) atoms. The summed E-state index contributed by atoms with van der Waals surface area (Å²) in [6.07, 6.45) is 0. The number of ether oxygens (including phenoxy) is 1. The van der Waals surface area contributed by atoms with Crippen molar-refractivity contribution in [2.45, 2.75) is 6.92 Å². The normalized spacial score (nSPS) is 10.7. The van der Waals surface area contributed by atoms with Crippen LogP contribution in [0, 0.1) is 6.92 Å². The van der Waals surface area contributed by atoms with Crippen LogP contribution in [0.25, 0.3) is 22.2 Å². The molecule has 1 aromatic heterocycles. The molecule has 0 radical (unpaired) electrons. The van der Waals surface area contributed by atoms with Crippen LogP contribution in [0.1, 0.15) is 15.9 Å². The summed E-state index contributed by atoms with van der Waals surface area (Å²) in [5.74, 6) is -1.05. The molecule has 1 N–H and O–H groups in total. The van der Waals surface area contributed by atoms with Crippen LogP contribution in [0.5, 0.6) is 0 Å². The molecule has 5 nitrogen and oxygen atoms in total. The van der Waals surface area contributed by atoms with E-state index in [0.29, 0.717) is 32.9 Å². The number of hydrogen-bond acceptors (Lipinski definition) is 4. The molecule has 0 aliphatic rings. The van der Waals surface area contributed by atoms with Crippen molar-refractivity contribution in [1.82, 2.24) is 4.98 Å². The van der Waals surface area contributed by atoms with E-state index in [-0.39, 0.29) is 0 Å². The summed E-state index contributed by atoms with van der Waals surface area (Å²) in [5.41, 5.74) is 3.96. The number of nitrogens with zero attached hydrogens (tertiary/aromatic N) is 1. The summed E-state index contributed by atoms with van der Waals surface area (Å²) >= 11 is 9.51. The first kappa shape index (κ1) is 22.0. The van der Waals surface area contributed by atoms with E-state index in [2.05, 4.69) is 26.2 Å². The van der Waals surface area contributed by atoms with Crippen LogP contribution in [0.3, 0.4) is 0 Å². The number of para-hydroxylation sites is 1. The van der Waals surface area contributed by atoms with E-state index in [1.165, 1.54) is 0 Å². The molecule has 0 fully saturated rings. The highest BCUT2D eigenvalue weighted by Gasteiger charge is 2.17. The van der Waals surface area contributed by atoms with Crippen molar-refractivity contribution in [3.63, 3.8) is 0 Å². The van der Waals surface area contributed by atoms with Crippen LogP contribution in [0.15, 0.2) is 77.3 Å². The molecule has 0 atom stereocenters. The van der Waals surface area contributed by atoms with Gasteiger partial charge >= 0.3 is 5.97 Å². The molecule has 0 unspecified atom stereocenters. The molecule has 7 heteroatoms. The number of carbonyl (C=O) groups excluding carboxylic acids is 2. The minimum Gasteiger partial charge on any atom is -0.452 e. The molecule has 160 valence electrons. The fourth-order valence-corrected chi connectivity index (χ4v) is 3.63. The molecule has 1 heterocycles. The first-order valence-corrected chi connectivity index (χ1v) is 11.0. The number of hydrogen-bond donors (Lipinski definition) is 1. The number of aryl methyl sites for hydroxylation is 1. The van der Waals surface area contributed by atoms with Gasteiger partial charge in [0.25, 0.3) is 5.91 Å². The number of anilines is 1. The van der Waals surface area contributed by atoms with Gasteiger partial charge in [0, 0.05) is 26.1 Å². The summed E-state index contributed by atoms with van der Waals surface area (Å²) in [7, 11) is 0. The van der Waals surface area contributed by atoms with Gasteiger partial charge in [-0.1, -0.05) is 63.9 Å². The Balaban J connectivity index is 1.55. The van der Waals surface area contributed by atoms with Gasteiger partial charge in [-0.25, -0.2) is 9.78 Å². The Morgan fingerprint density at radius 3 is 2.53 bits per heavy atom. The Morgan fingerprint density at radius 1 is 1.03 bits per heavy atom. The van der Waals surface area contributed by atoms with Gasteiger partial charge in [0.05, 0.1) is 16.8 Å². The molecular weight excluding hydrogens is 492 g/mol. The number of pyridine rings is 1. The molecule has 0 saturated heterocycles. The molecule has 3 aromatic carbocycles. The number of amides is 1. The maximum Gasteiger partial charge on any atom is 0.339 e. The summed E-state index contributed by atoms with van der Waals surface area (Å²) in [5, 5.41) is 3.88. The monoisotopic (exact) mass is 508 g/mol. The number of carbonyl (C=O) groups is 2. The smallest absolute Gasteiger partial charge is 0.339 e. The van der Waals surface area contributed by atoms with E-state index < -0.39 is 18.5 Å². The quantitative estimate of drug-likeness (QED) is 0.315. The molecule has 4 aromatic rings. The Kier molecular flexibility index (Phi) is 6.53. The van der Waals surface area contributed by atoms with Gasteiger partial charge in [0.15, 0.2) is 6.61 Å². The zero-order chi connectivity index (χ0) is 22.7. The number of aromatic nitrogens is 1. The summed E-state index contributed by atoms with van der Waals surface area (Å²) in [6, 6.07) is 21.8. The van der Waals surface area contributed by atoms with E-state index in [1.54, 1.807) is 30.3 Å². The second-order valence-electron chi connectivity index (χ2n) is 7.17. The number of nitrogens with one attached hydrogen (secondary N) is 1. The predicted molar refractivity (Wildman–Crippen MR) is 130 cm³/mol. The van der Waals surface area contributed by atoms with E-state index in [4.69, 9.17) is 16.3 Å². The number of esters is 1. The maximum absolute atomic E-state index is 12.9. The third-order valence-electron chi connectivity index (χ3n) is 4.87. The minimum atomic E-state index is -0.598. The van der Waals surface area contributed by atoms with Gasteiger partial charge < -0.3 is 10.1 Å². The van der Waals surface area contributed by atoms with Gasteiger partial charge in [-0.15, -0.1) is 0 Å². The van der Waals surface area contributed by atoms with Crippen molar-refractivity contribution in [2.75, 3.05) is 11.9 Å². The predicted octanol–water partition coefficient (Wildman–Crippen LogP) is 6.42. The highest BCUT2D eigenvalue weighted by molar-refractivity contribution is 9.10. The lowest BCUT2D eigenvalue weighted by molar-refractivity contribution is -0.119. The van der Waals surface area contributed by atoms with Gasteiger partial charge in [-0.2, -0.15) is 0 Å². The molecule has 0 aliphatic carbocycles. The number of halogens is 2. The standard InChI is InChI=1S/C25H18BrClN2O3/c1-15-6-11-18(12-21(15)27)28-24(30)14-32-25(31)20-13-23(16-7-9-17(26)10-8-16)29-22-5-3-2-4-19(20)22/h2-13H,14H2,1H3,(H,28,30). The van der Waals surface area contributed by atoms with E-state index >= 15 is 0 Å². The SMILES string of the molecule is Cc1ccc(NC(=O)COC(=O)c2cc(-c3ccc(Br)cc3)nc3ccccc23)cc1Cl. The molecule has 1 amide bonds. The van der Waals surface area contributed by atoms with E-state index in [0.717, 1.165) is 15.6 Å². The molecule has 0 bridgehead atoms. The largest absolute Gasteiger partial charge is 0.452 e. The van der Waals surface area contributed by atoms with Crippen molar-refractivity contribution < 1.29 is 14.3 Å². The topological polar surface area (TPSA) is 68.3 Å². The molecule has 0 saturated carbocycles. The fraction of sp³-hybridized carbons (Fsp3) is 0.0800. The lowest BCUT2D eigenvalue weighted by atomic mass is 10.0. The lowest BCUT2D eigenvalue weighted by Crippen LogP contribution is -2.21. The van der Waals surface area contributed by atoms with Crippen LogP contribution >= 0.6 is 27.5 Å². The van der Waals surface area contributed by atoms with Crippen LogP contribution in [-0.4, -0.2) is 23.5 Å². The first-order chi connectivity index (χ1) is 15.4. The van der Waals surface area contributed by atoms with Crippen molar-refractivity contribution in [2.24, 2.45) is 0 Å². The van der Waals surface area contributed by atoms with E-state index in [9.17, 15) is 9.59 Å². The van der Waals surface area contributed by atoms with Crippen LogP contribution in [0.2, 0.25) is 5.02 Å². The maximum atomic E-state index is 12.9. The lowest BCUT2D eigenvalue weighted by Gasteiger charge is -2.11. The second-order valence-corrected chi connectivity index (χ2v) is 8.49. The summed E-state index contributed by atoms with van der Waals surface area (Å²) in [4.78, 5) is 29.8. The highest BCUT2D eigenvalue weighted by atomic mass is 79.9. The van der Waals surface area contributed by atoms with E-state index in [1.807, 2.05) is 49.4 Å². The number of rotatable bonds is 5. The van der Waals surface area contributed by atoms with Crippen molar-refractivity contribution in [1.29, 1.82) is 0 Å². The Hall–Kier alpha value is -3.22. The van der Waals surface area contributed by atoms with Gasteiger partial charge in [0.2, 0.25) is 0 Å². The van der Waals surface area contributed by atoms with Crippen molar-refractivity contribution in [3.05, 3.63) is 93.4 Å². The van der Waals surface area contributed by atoms with Crippen LogP contribution < -0.4 is 5.32 Å². The third kappa shape index (κ3) is 4.98. The Morgan fingerprint density at radius 2 is 1.78 bits per heavy atom. The summed E-state index contributed by atoms with van der Waals surface area (Å²) in [6.45, 7) is 1.45. The van der Waals surface area contributed by atoms with Gasteiger partial charge in [-0.3, -0.25) is 4.79 Å². The average molecular weight is 510 g/mol. The van der Waals surface area contributed by atoms with Gasteiger partial charge in [-0.05, 0) is 48.9 Å². The van der Waals surface area contributed by atoms with Crippen molar-refractivity contribution in [3.8, 4) is 11.3 Å². The number of fused-ring (bicyclic) bond motifs is 1. The van der Waals surface area contributed by atoms with Crippen LogP contribution in [0.4, 0.5) is 5.69 Å². The first-order valence-electron chi connectivity index (χ1n) is 9.79.